The Kier molecular flexibility index (Phi) is 3.01. The van der Waals surface area contributed by atoms with E-state index in [1.54, 1.807) is 0 Å². The largest absolute Gasteiger partial charge is 0.326 e. The number of hydrogen-bond acceptors (Lipinski definition) is 3. The highest BCUT2D eigenvalue weighted by Gasteiger charge is 2.07. The molecule has 16 heavy (non-hydrogen) atoms. The summed E-state index contributed by atoms with van der Waals surface area (Å²) in [5.74, 6) is 1.78. The quantitative estimate of drug-likeness (QED) is 0.846. The van der Waals surface area contributed by atoms with Crippen LogP contribution >= 0.6 is 0 Å². The summed E-state index contributed by atoms with van der Waals surface area (Å²) >= 11 is 0. The predicted octanol–water partition coefficient (Wildman–Crippen LogP) is 1.50. The number of nitrogens with two attached hydrogens (primary N) is 1. The van der Waals surface area contributed by atoms with Crippen LogP contribution in [0.15, 0.2) is 24.3 Å². The van der Waals surface area contributed by atoms with Crippen molar-refractivity contribution in [3.8, 4) is 11.4 Å². The fourth-order valence-electron chi connectivity index (χ4n) is 1.63. The standard InChI is InChI=1S/C12H16N4/c1-3-11-14-12(16(2)15-11)10-6-4-9(8-13)5-7-10/h4-7H,3,8,13H2,1-2H3. The molecule has 0 saturated heterocycles. The molecule has 2 rings (SSSR count). The summed E-state index contributed by atoms with van der Waals surface area (Å²) in [7, 11) is 1.92. The summed E-state index contributed by atoms with van der Waals surface area (Å²) in [5, 5.41) is 4.33. The Morgan fingerprint density at radius 2 is 1.94 bits per heavy atom. The molecule has 0 aliphatic carbocycles. The molecule has 2 aromatic rings. The van der Waals surface area contributed by atoms with Crippen LogP contribution in [-0.2, 0) is 20.0 Å². The number of nitrogens with zero attached hydrogens (tertiary/aromatic N) is 3. The zero-order chi connectivity index (χ0) is 11.5. The highest BCUT2D eigenvalue weighted by atomic mass is 15.3. The first-order valence-electron chi connectivity index (χ1n) is 5.44. The maximum absolute atomic E-state index is 5.56. The Morgan fingerprint density at radius 3 is 2.44 bits per heavy atom. The topological polar surface area (TPSA) is 56.7 Å². The monoisotopic (exact) mass is 216 g/mol. The van der Waals surface area contributed by atoms with E-state index < -0.39 is 0 Å². The molecule has 0 atom stereocenters. The van der Waals surface area contributed by atoms with Crippen LogP contribution in [0.2, 0.25) is 0 Å². The third-order valence-corrected chi connectivity index (χ3v) is 2.57. The van der Waals surface area contributed by atoms with Crippen LogP contribution in [0.25, 0.3) is 11.4 Å². The van der Waals surface area contributed by atoms with Crippen molar-refractivity contribution in [1.29, 1.82) is 0 Å². The van der Waals surface area contributed by atoms with Gasteiger partial charge in [-0.05, 0) is 5.56 Å². The third kappa shape index (κ3) is 1.97. The van der Waals surface area contributed by atoms with E-state index in [1.807, 2.05) is 36.0 Å². The summed E-state index contributed by atoms with van der Waals surface area (Å²) in [6, 6.07) is 8.11. The molecule has 4 heteroatoms. The molecule has 0 amide bonds. The van der Waals surface area contributed by atoms with Crippen LogP contribution in [0.1, 0.15) is 18.3 Å². The molecule has 4 nitrogen and oxygen atoms in total. The Labute approximate surface area is 95.1 Å². The highest BCUT2D eigenvalue weighted by molar-refractivity contribution is 5.55. The minimum Gasteiger partial charge on any atom is -0.326 e. The predicted molar refractivity (Wildman–Crippen MR) is 63.7 cm³/mol. The van der Waals surface area contributed by atoms with Crippen LogP contribution in [0.3, 0.4) is 0 Å². The minimum absolute atomic E-state index is 0.569. The van der Waals surface area contributed by atoms with E-state index in [-0.39, 0.29) is 0 Å². The first-order valence-corrected chi connectivity index (χ1v) is 5.44. The lowest BCUT2D eigenvalue weighted by atomic mass is 10.1. The number of hydrogen-bond donors (Lipinski definition) is 1. The van der Waals surface area contributed by atoms with E-state index in [0.29, 0.717) is 6.54 Å². The molecule has 1 aromatic carbocycles. The van der Waals surface area contributed by atoms with Gasteiger partial charge in [-0.1, -0.05) is 31.2 Å². The lowest BCUT2D eigenvalue weighted by Gasteiger charge is -2.01. The molecule has 0 radical (unpaired) electrons. The van der Waals surface area contributed by atoms with Gasteiger partial charge in [0.2, 0.25) is 0 Å². The van der Waals surface area contributed by atoms with Crippen molar-refractivity contribution in [1.82, 2.24) is 14.8 Å². The van der Waals surface area contributed by atoms with Gasteiger partial charge in [0.25, 0.3) is 0 Å². The van der Waals surface area contributed by atoms with Gasteiger partial charge in [0, 0.05) is 25.6 Å². The SMILES string of the molecule is CCc1nc(-c2ccc(CN)cc2)n(C)n1. The fraction of sp³-hybridized carbons (Fsp3) is 0.333. The van der Waals surface area contributed by atoms with Crippen LogP contribution in [0, 0.1) is 0 Å². The van der Waals surface area contributed by atoms with Gasteiger partial charge in [0.15, 0.2) is 11.6 Å². The number of rotatable bonds is 3. The van der Waals surface area contributed by atoms with Crippen LogP contribution in [-0.4, -0.2) is 14.8 Å². The van der Waals surface area contributed by atoms with Gasteiger partial charge in [-0.3, -0.25) is 0 Å². The van der Waals surface area contributed by atoms with Gasteiger partial charge in [0.05, 0.1) is 0 Å². The molecule has 0 fully saturated rings. The minimum atomic E-state index is 0.569. The van der Waals surface area contributed by atoms with E-state index in [4.69, 9.17) is 5.73 Å². The first-order chi connectivity index (χ1) is 7.74. The van der Waals surface area contributed by atoms with Crippen molar-refractivity contribution in [2.24, 2.45) is 12.8 Å². The Bertz CT molecular complexity index is 470. The Morgan fingerprint density at radius 1 is 1.25 bits per heavy atom. The van der Waals surface area contributed by atoms with Crippen LogP contribution < -0.4 is 5.73 Å². The van der Waals surface area contributed by atoms with Crippen molar-refractivity contribution in [3.63, 3.8) is 0 Å². The smallest absolute Gasteiger partial charge is 0.158 e. The van der Waals surface area contributed by atoms with Gasteiger partial charge < -0.3 is 5.73 Å². The molecule has 0 aliphatic heterocycles. The molecule has 0 bridgehead atoms. The maximum Gasteiger partial charge on any atom is 0.158 e. The van der Waals surface area contributed by atoms with E-state index in [1.165, 1.54) is 0 Å². The average molecular weight is 216 g/mol. The fourth-order valence-corrected chi connectivity index (χ4v) is 1.63. The van der Waals surface area contributed by atoms with E-state index in [0.717, 1.165) is 29.2 Å². The Balaban J connectivity index is 2.38. The average Bonchev–Trinajstić information content (AvgIpc) is 2.71. The second-order valence-corrected chi connectivity index (χ2v) is 3.73. The molecule has 2 N–H and O–H groups in total. The second-order valence-electron chi connectivity index (χ2n) is 3.73. The molecule has 0 unspecified atom stereocenters. The zero-order valence-corrected chi connectivity index (χ0v) is 9.64. The van der Waals surface area contributed by atoms with Gasteiger partial charge in [-0.15, -0.1) is 0 Å². The molecule has 0 aliphatic rings. The van der Waals surface area contributed by atoms with Gasteiger partial charge >= 0.3 is 0 Å². The summed E-state index contributed by atoms with van der Waals surface area (Å²) in [6.45, 7) is 2.62. The van der Waals surface area contributed by atoms with Gasteiger partial charge in [-0.2, -0.15) is 5.10 Å². The van der Waals surface area contributed by atoms with Crippen molar-refractivity contribution in [2.45, 2.75) is 19.9 Å². The molecular weight excluding hydrogens is 200 g/mol. The van der Waals surface area contributed by atoms with Crippen molar-refractivity contribution < 1.29 is 0 Å². The molecule has 0 spiro atoms. The lowest BCUT2D eigenvalue weighted by Crippen LogP contribution is -1.97. The molecule has 1 aromatic heterocycles. The number of benzene rings is 1. The number of aromatic nitrogens is 3. The Hall–Kier alpha value is -1.68. The molecule has 84 valence electrons. The van der Waals surface area contributed by atoms with Crippen molar-refractivity contribution in [2.75, 3.05) is 0 Å². The summed E-state index contributed by atoms with van der Waals surface area (Å²) in [6.07, 6.45) is 0.856. The highest BCUT2D eigenvalue weighted by Crippen LogP contribution is 2.17. The van der Waals surface area contributed by atoms with Crippen molar-refractivity contribution in [3.05, 3.63) is 35.7 Å². The molecule has 1 heterocycles. The summed E-state index contributed by atoms with van der Waals surface area (Å²) in [4.78, 5) is 4.47. The summed E-state index contributed by atoms with van der Waals surface area (Å²) in [5.41, 5.74) is 7.76. The summed E-state index contributed by atoms with van der Waals surface area (Å²) < 4.78 is 1.82. The molecule has 0 saturated carbocycles. The van der Waals surface area contributed by atoms with Crippen LogP contribution in [0.5, 0.6) is 0 Å². The third-order valence-electron chi connectivity index (χ3n) is 2.57. The van der Waals surface area contributed by atoms with Crippen LogP contribution in [0.4, 0.5) is 0 Å². The van der Waals surface area contributed by atoms with E-state index in [9.17, 15) is 0 Å². The van der Waals surface area contributed by atoms with E-state index in [2.05, 4.69) is 17.0 Å². The second kappa shape index (κ2) is 4.45. The molecular formula is C12H16N4. The number of aryl methyl sites for hydroxylation is 2. The first kappa shape index (κ1) is 10.8. The van der Waals surface area contributed by atoms with Gasteiger partial charge in [-0.25, -0.2) is 9.67 Å². The maximum atomic E-state index is 5.56. The normalized spacial score (nSPS) is 10.7. The van der Waals surface area contributed by atoms with E-state index >= 15 is 0 Å². The van der Waals surface area contributed by atoms with Crippen molar-refractivity contribution >= 4 is 0 Å². The lowest BCUT2D eigenvalue weighted by molar-refractivity contribution is 0.752. The van der Waals surface area contributed by atoms with Gasteiger partial charge in [0.1, 0.15) is 0 Å². The zero-order valence-electron chi connectivity index (χ0n) is 9.64.